The number of carbonyl (C=O) groups excluding carboxylic acids is 2. The molecule has 0 aromatic heterocycles. The maximum absolute atomic E-state index is 12.3. The summed E-state index contributed by atoms with van der Waals surface area (Å²) >= 11 is 0. The van der Waals surface area contributed by atoms with E-state index in [2.05, 4.69) is 0 Å². The van der Waals surface area contributed by atoms with Gasteiger partial charge in [0.2, 0.25) is 0 Å². The molecule has 22 heavy (non-hydrogen) atoms. The van der Waals surface area contributed by atoms with Crippen molar-refractivity contribution < 1.29 is 14.3 Å². The summed E-state index contributed by atoms with van der Waals surface area (Å²) in [5.41, 5.74) is 2.86. The molecule has 2 aromatic rings. The molecule has 0 aliphatic heterocycles. The molecule has 0 N–H and O–H groups in total. The number of benzene rings is 2. The topological polar surface area (TPSA) is 43.4 Å². The van der Waals surface area contributed by atoms with E-state index in [4.69, 9.17) is 4.74 Å². The number of hydrogen-bond acceptors (Lipinski definition) is 3. The van der Waals surface area contributed by atoms with Crippen LogP contribution in [0.4, 0.5) is 0 Å². The second kappa shape index (κ2) is 6.14. The van der Waals surface area contributed by atoms with Crippen LogP contribution in [0.2, 0.25) is 0 Å². The Balaban J connectivity index is 2.04. The van der Waals surface area contributed by atoms with E-state index in [0.717, 1.165) is 28.7 Å². The minimum Gasteiger partial charge on any atom is -0.497 e. The Morgan fingerprint density at radius 2 is 2.00 bits per heavy atom. The van der Waals surface area contributed by atoms with E-state index in [1.54, 1.807) is 7.11 Å². The smallest absolute Gasteiger partial charge is 0.163 e. The zero-order valence-electron chi connectivity index (χ0n) is 12.5. The first-order valence-electron chi connectivity index (χ1n) is 7.44. The molecule has 0 heterocycles. The van der Waals surface area contributed by atoms with Crippen molar-refractivity contribution in [3.63, 3.8) is 0 Å². The summed E-state index contributed by atoms with van der Waals surface area (Å²) in [7, 11) is 1.62. The van der Waals surface area contributed by atoms with Gasteiger partial charge in [-0.1, -0.05) is 30.3 Å². The molecule has 3 rings (SSSR count). The summed E-state index contributed by atoms with van der Waals surface area (Å²) in [5.74, 6) is 0.951. The molecular weight excluding hydrogens is 276 g/mol. The van der Waals surface area contributed by atoms with Crippen LogP contribution >= 0.6 is 0 Å². The molecule has 3 nitrogen and oxygen atoms in total. The lowest BCUT2D eigenvalue weighted by Gasteiger charge is -2.23. The first kappa shape index (κ1) is 14.5. The van der Waals surface area contributed by atoms with Gasteiger partial charge in [0.15, 0.2) is 5.78 Å². The van der Waals surface area contributed by atoms with Crippen LogP contribution in [-0.2, 0) is 4.79 Å². The number of fused-ring (bicyclic) bond motifs is 1. The Morgan fingerprint density at radius 3 is 2.68 bits per heavy atom. The summed E-state index contributed by atoms with van der Waals surface area (Å²) in [6.07, 6.45) is 1.81. The van der Waals surface area contributed by atoms with Crippen molar-refractivity contribution >= 4 is 12.1 Å². The highest BCUT2D eigenvalue weighted by molar-refractivity contribution is 6.01. The van der Waals surface area contributed by atoms with Gasteiger partial charge in [0.1, 0.15) is 12.0 Å². The zero-order valence-corrected chi connectivity index (χ0v) is 12.5. The molecule has 0 amide bonds. The van der Waals surface area contributed by atoms with Crippen LogP contribution in [0.3, 0.4) is 0 Å². The summed E-state index contributed by atoms with van der Waals surface area (Å²) in [6, 6.07) is 15.5. The second-order valence-corrected chi connectivity index (χ2v) is 5.61. The van der Waals surface area contributed by atoms with E-state index >= 15 is 0 Å². The maximum Gasteiger partial charge on any atom is 0.163 e. The first-order valence-corrected chi connectivity index (χ1v) is 7.44. The molecule has 1 aliphatic rings. The highest BCUT2D eigenvalue weighted by Gasteiger charge is 2.35. The van der Waals surface area contributed by atoms with Gasteiger partial charge in [-0.05, 0) is 41.2 Å². The molecule has 0 bridgehead atoms. The van der Waals surface area contributed by atoms with Crippen LogP contribution in [0, 0.1) is 0 Å². The standard InChI is InChI=1S/C19H18O3/c1-22-14-7-8-16-17(11-14)18(12-19(16)21)15(9-10-20)13-5-3-2-4-6-13/h2-8,10-11,15,18H,9,12H2,1H3/t15-,18?/m0/s1. The molecule has 1 unspecified atom stereocenters. The van der Waals surface area contributed by atoms with E-state index < -0.39 is 0 Å². The van der Waals surface area contributed by atoms with Gasteiger partial charge in [0, 0.05) is 18.4 Å². The Morgan fingerprint density at radius 1 is 1.23 bits per heavy atom. The van der Waals surface area contributed by atoms with Crippen LogP contribution in [0.5, 0.6) is 5.75 Å². The molecule has 0 saturated heterocycles. The lowest BCUT2D eigenvalue weighted by molar-refractivity contribution is -0.108. The number of methoxy groups -OCH3 is 1. The maximum atomic E-state index is 12.3. The predicted octanol–water partition coefficient (Wildman–Crippen LogP) is 3.74. The van der Waals surface area contributed by atoms with Crippen molar-refractivity contribution in [2.75, 3.05) is 7.11 Å². The number of ketones is 1. The van der Waals surface area contributed by atoms with E-state index in [1.165, 1.54) is 0 Å². The van der Waals surface area contributed by atoms with Crippen molar-refractivity contribution in [3.8, 4) is 5.75 Å². The predicted molar refractivity (Wildman–Crippen MR) is 84.5 cm³/mol. The van der Waals surface area contributed by atoms with Crippen molar-refractivity contribution in [1.82, 2.24) is 0 Å². The van der Waals surface area contributed by atoms with Gasteiger partial charge in [0.05, 0.1) is 7.11 Å². The Kier molecular flexibility index (Phi) is 4.05. The molecule has 1 aliphatic carbocycles. The van der Waals surface area contributed by atoms with Crippen molar-refractivity contribution in [1.29, 1.82) is 0 Å². The van der Waals surface area contributed by atoms with Gasteiger partial charge < -0.3 is 9.53 Å². The van der Waals surface area contributed by atoms with Gasteiger partial charge in [-0.25, -0.2) is 0 Å². The third-order valence-corrected chi connectivity index (χ3v) is 4.43. The molecule has 0 spiro atoms. The number of Topliss-reactive ketones (excluding diaryl/α,β-unsaturated/α-hetero) is 1. The van der Waals surface area contributed by atoms with Crippen molar-refractivity contribution in [2.24, 2.45) is 0 Å². The minimum absolute atomic E-state index is 0.0241. The SMILES string of the molecule is COc1ccc2c(c1)C([C@@H](CC=O)c1ccccc1)CC2=O. The van der Waals surface area contributed by atoms with Gasteiger partial charge in [-0.3, -0.25) is 4.79 Å². The van der Waals surface area contributed by atoms with Crippen LogP contribution in [-0.4, -0.2) is 19.2 Å². The highest BCUT2D eigenvalue weighted by Crippen LogP contribution is 2.45. The Labute approximate surface area is 129 Å². The summed E-state index contributed by atoms with van der Waals surface area (Å²) in [5, 5.41) is 0. The first-order chi connectivity index (χ1) is 10.7. The number of aldehydes is 1. The molecule has 0 fully saturated rings. The fourth-order valence-electron chi connectivity index (χ4n) is 3.34. The molecule has 112 valence electrons. The lowest BCUT2D eigenvalue weighted by atomic mass is 9.80. The van der Waals surface area contributed by atoms with Crippen molar-refractivity contribution in [3.05, 3.63) is 65.2 Å². The summed E-state index contributed by atoms with van der Waals surface area (Å²) in [6.45, 7) is 0. The van der Waals surface area contributed by atoms with E-state index in [1.807, 2.05) is 48.5 Å². The van der Waals surface area contributed by atoms with E-state index in [9.17, 15) is 9.59 Å². The molecular formula is C19H18O3. The average Bonchev–Trinajstić information content (AvgIpc) is 2.89. The van der Waals surface area contributed by atoms with Crippen molar-refractivity contribution in [2.45, 2.75) is 24.7 Å². The quantitative estimate of drug-likeness (QED) is 0.789. The largest absolute Gasteiger partial charge is 0.497 e. The second-order valence-electron chi connectivity index (χ2n) is 5.61. The molecule has 2 aromatic carbocycles. The van der Waals surface area contributed by atoms with E-state index in [-0.39, 0.29) is 17.6 Å². The van der Waals surface area contributed by atoms with Gasteiger partial charge >= 0.3 is 0 Å². The van der Waals surface area contributed by atoms with E-state index in [0.29, 0.717) is 12.8 Å². The zero-order chi connectivity index (χ0) is 15.5. The van der Waals surface area contributed by atoms with Gasteiger partial charge in [-0.2, -0.15) is 0 Å². The Bertz CT molecular complexity index is 691. The third kappa shape index (κ3) is 2.54. The fourth-order valence-corrected chi connectivity index (χ4v) is 3.34. The summed E-state index contributed by atoms with van der Waals surface area (Å²) in [4.78, 5) is 23.4. The molecule has 2 atom stereocenters. The number of ether oxygens (including phenoxy) is 1. The molecule has 0 saturated carbocycles. The van der Waals surface area contributed by atoms with Gasteiger partial charge in [0.25, 0.3) is 0 Å². The van der Waals surface area contributed by atoms with Crippen LogP contribution in [0.15, 0.2) is 48.5 Å². The summed E-state index contributed by atoms with van der Waals surface area (Å²) < 4.78 is 5.29. The monoisotopic (exact) mass is 294 g/mol. The average molecular weight is 294 g/mol. The number of carbonyl (C=O) groups is 2. The third-order valence-electron chi connectivity index (χ3n) is 4.43. The lowest BCUT2D eigenvalue weighted by Crippen LogP contribution is -2.10. The van der Waals surface area contributed by atoms with Crippen LogP contribution in [0.25, 0.3) is 0 Å². The van der Waals surface area contributed by atoms with Crippen LogP contribution in [0.1, 0.15) is 46.2 Å². The fraction of sp³-hybridized carbons (Fsp3) is 0.263. The minimum atomic E-state index is 0.0241. The highest BCUT2D eigenvalue weighted by atomic mass is 16.5. The normalized spacial score (nSPS) is 17.9. The van der Waals surface area contributed by atoms with Crippen LogP contribution < -0.4 is 4.74 Å². The molecule has 0 radical (unpaired) electrons. The Hall–Kier alpha value is -2.42. The van der Waals surface area contributed by atoms with Gasteiger partial charge in [-0.15, -0.1) is 0 Å². The number of rotatable bonds is 5. The number of hydrogen-bond donors (Lipinski definition) is 0. The molecule has 3 heteroatoms.